The fourth-order valence-corrected chi connectivity index (χ4v) is 2.37. The summed E-state index contributed by atoms with van der Waals surface area (Å²) < 4.78 is 0. The van der Waals surface area contributed by atoms with E-state index in [4.69, 9.17) is 0 Å². The molecular weight excluding hydrogens is 206 g/mol. The number of hydrogen-bond acceptors (Lipinski definition) is 1. The van der Waals surface area contributed by atoms with E-state index < -0.39 is 0 Å². The molecule has 1 atom stereocenters. The molecule has 0 spiro atoms. The third-order valence-corrected chi connectivity index (χ3v) is 3.76. The average molecular weight is 229 g/mol. The van der Waals surface area contributed by atoms with Gasteiger partial charge in [0.2, 0.25) is 0 Å². The molecule has 0 bridgehead atoms. The highest BCUT2D eigenvalue weighted by Crippen LogP contribution is 2.22. The Morgan fingerprint density at radius 3 is 2.47 bits per heavy atom. The van der Waals surface area contributed by atoms with Crippen LogP contribution in [0.3, 0.4) is 0 Å². The highest BCUT2D eigenvalue weighted by atomic mass is 15.1. The van der Waals surface area contributed by atoms with E-state index in [0.717, 1.165) is 0 Å². The second-order valence-corrected chi connectivity index (χ2v) is 5.21. The zero-order valence-electron chi connectivity index (χ0n) is 11.0. The maximum absolute atomic E-state index is 2.48. The molecular formula is C16H23N. The van der Waals surface area contributed by atoms with Crippen LogP contribution in [-0.4, -0.2) is 25.0 Å². The third-order valence-electron chi connectivity index (χ3n) is 3.76. The molecule has 0 N–H and O–H groups in total. The molecule has 1 saturated heterocycles. The van der Waals surface area contributed by atoms with Crippen LogP contribution < -0.4 is 0 Å². The van der Waals surface area contributed by atoms with E-state index >= 15 is 0 Å². The number of benzene rings is 1. The first-order valence-corrected chi connectivity index (χ1v) is 6.67. The smallest absolute Gasteiger partial charge is 0.00157 e. The van der Waals surface area contributed by atoms with Gasteiger partial charge in [0.15, 0.2) is 0 Å². The molecule has 2 rings (SSSR count). The summed E-state index contributed by atoms with van der Waals surface area (Å²) in [5.41, 5.74) is 3.11. The van der Waals surface area contributed by atoms with Gasteiger partial charge in [-0.1, -0.05) is 48.9 Å². The molecule has 1 aliphatic heterocycles. The van der Waals surface area contributed by atoms with Gasteiger partial charge in [-0.25, -0.2) is 0 Å². The van der Waals surface area contributed by atoms with Crippen molar-refractivity contribution in [2.24, 2.45) is 0 Å². The largest absolute Gasteiger partial charge is 0.306 e. The van der Waals surface area contributed by atoms with E-state index in [0.29, 0.717) is 5.92 Å². The van der Waals surface area contributed by atoms with Crippen LogP contribution in [0.15, 0.2) is 42.0 Å². The molecule has 1 heteroatoms. The molecule has 17 heavy (non-hydrogen) atoms. The zero-order valence-corrected chi connectivity index (χ0v) is 11.0. The summed E-state index contributed by atoms with van der Waals surface area (Å²) in [6.07, 6.45) is 6.18. The summed E-state index contributed by atoms with van der Waals surface area (Å²) in [5, 5.41) is 0. The Bertz CT molecular complexity index is 356. The van der Waals surface area contributed by atoms with E-state index in [-0.39, 0.29) is 0 Å². The molecule has 0 saturated carbocycles. The Labute approximate surface area is 105 Å². The Hall–Kier alpha value is -1.08. The van der Waals surface area contributed by atoms with Crippen molar-refractivity contribution in [3.63, 3.8) is 0 Å². The van der Waals surface area contributed by atoms with Gasteiger partial charge in [0.05, 0.1) is 0 Å². The first-order valence-electron chi connectivity index (χ1n) is 6.67. The van der Waals surface area contributed by atoms with Gasteiger partial charge in [-0.2, -0.15) is 0 Å². The topological polar surface area (TPSA) is 3.24 Å². The van der Waals surface area contributed by atoms with Gasteiger partial charge in [-0.05, 0) is 37.8 Å². The average Bonchev–Trinajstić information content (AvgIpc) is 2.39. The van der Waals surface area contributed by atoms with Gasteiger partial charge in [0, 0.05) is 13.1 Å². The van der Waals surface area contributed by atoms with Crippen LogP contribution in [0.2, 0.25) is 0 Å². The van der Waals surface area contributed by atoms with Crippen molar-refractivity contribution in [3.8, 4) is 0 Å². The van der Waals surface area contributed by atoms with Crippen LogP contribution in [0.1, 0.15) is 37.7 Å². The Kier molecular flexibility index (Phi) is 4.38. The summed E-state index contributed by atoms with van der Waals surface area (Å²) in [6, 6.07) is 10.8. The minimum atomic E-state index is 0.642. The van der Waals surface area contributed by atoms with Crippen LogP contribution in [-0.2, 0) is 0 Å². The number of likely N-dealkylation sites (tertiary alicyclic amines) is 1. The van der Waals surface area contributed by atoms with Crippen molar-refractivity contribution in [1.29, 1.82) is 0 Å². The summed E-state index contributed by atoms with van der Waals surface area (Å²) in [4.78, 5) is 2.41. The molecule has 0 aromatic heterocycles. The second kappa shape index (κ2) is 6.02. The molecule has 0 radical (unpaired) electrons. The molecule has 92 valence electrons. The van der Waals surface area contributed by atoms with Crippen LogP contribution in [0.5, 0.6) is 0 Å². The van der Waals surface area contributed by atoms with Gasteiger partial charge in [0.1, 0.15) is 0 Å². The van der Waals surface area contributed by atoms with E-state index in [1.54, 1.807) is 5.57 Å². The van der Waals surface area contributed by atoms with E-state index in [2.05, 4.69) is 55.3 Å². The van der Waals surface area contributed by atoms with Crippen molar-refractivity contribution in [2.75, 3.05) is 20.1 Å². The van der Waals surface area contributed by atoms with E-state index in [1.165, 1.54) is 37.9 Å². The lowest BCUT2D eigenvalue weighted by atomic mass is 9.94. The maximum atomic E-state index is 2.48. The van der Waals surface area contributed by atoms with Crippen LogP contribution in [0, 0.1) is 0 Å². The van der Waals surface area contributed by atoms with Crippen molar-refractivity contribution < 1.29 is 0 Å². The van der Waals surface area contributed by atoms with Gasteiger partial charge in [-0.3, -0.25) is 0 Å². The SMILES string of the molecule is C[C@H](CC=C1CCN(C)CC1)c1ccccc1. The minimum Gasteiger partial charge on any atom is -0.306 e. The van der Waals surface area contributed by atoms with Crippen molar-refractivity contribution in [1.82, 2.24) is 4.90 Å². The fraction of sp³-hybridized carbons (Fsp3) is 0.500. The number of piperidine rings is 1. The first-order chi connectivity index (χ1) is 8.25. The number of nitrogens with zero attached hydrogens (tertiary/aromatic N) is 1. The summed E-state index contributed by atoms with van der Waals surface area (Å²) in [6.45, 7) is 4.78. The number of hydrogen-bond donors (Lipinski definition) is 0. The summed E-state index contributed by atoms with van der Waals surface area (Å²) in [7, 11) is 2.21. The van der Waals surface area contributed by atoms with Gasteiger partial charge >= 0.3 is 0 Å². The minimum absolute atomic E-state index is 0.642. The molecule has 1 aromatic carbocycles. The normalized spacial score (nSPS) is 19.1. The van der Waals surface area contributed by atoms with Gasteiger partial charge in [0.25, 0.3) is 0 Å². The molecule has 1 nitrogen and oxygen atoms in total. The highest BCUT2D eigenvalue weighted by Gasteiger charge is 2.10. The molecule has 0 unspecified atom stereocenters. The van der Waals surface area contributed by atoms with Crippen LogP contribution in [0.25, 0.3) is 0 Å². The van der Waals surface area contributed by atoms with Crippen LogP contribution in [0.4, 0.5) is 0 Å². The van der Waals surface area contributed by atoms with E-state index in [1.807, 2.05) is 0 Å². The van der Waals surface area contributed by atoms with Crippen molar-refractivity contribution >= 4 is 0 Å². The second-order valence-electron chi connectivity index (χ2n) is 5.21. The lowest BCUT2D eigenvalue weighted by Crippen LogP contribution is -2.26. The quantitative estimate of drug-likeness (QED) is 0.712. The molecule has 1 heterocycles. The molecule has 0 amide bonds. The number of rotatable bonds is 3. The lowest BCUT2D eigenvalue weighted by Gasteiger charge is -2.24. The predicted octanol–water partition coefficient (Wildman–Crippen LogP) is 3.83. The Balaban J connectivity index is 1.87. The molecule has 1 fully saturated rings. The highest BCUT2D eigenvalue weighted by molar-refractivity contribution is 5.20. The molecule has 1 aliphatic rings. The standard InChI is InChI=1S/C16H23N/c1-14(16-6-4-3-5-7-16)8-9-15-10-12-17(2)13-11-15/h3-7,9,14H,8,10-13H2,1-2H3/t14-/m1/s1. The lowest BCUT2D eigenvalue weighted by molar-refractivity contribution is 0.312. The van der Waals surface area contributed by atoms with Crippen LogP contribution >= 0.6 is 0 Å². The van der Waals surface area contributed by atoms with E-state index in [9.17, 15) is 0 Å². The fourth-order valence-electron chi connectivity index (χ4n) is 2.37. The molecule has 0 aliphatic carbocycles. The number of allylic oxidation sites excluding steroid dienone is 1. The van der Waals surface area contributed by atoms with Gasteiger partial charge in [-0.15, -0.1) is 0 Å². The van der Waals surface area contributed by atoms with Crippen molar-refractivity contribution in [3.05, 3.63) is 47.5 Å². The zero-order chi connectivity index (χ0) is 12.1. The summed E-state index contributed by atoms with van der Waals surface area (Å²) >= 11 is 0. The third kappa shape index (κ3) is 3.71. The first kappa shape index (κ1) is 12.4. The van der Waals surface area contributed by atoms with Crippen molar-refractivity contribution in [2.45, 2.75) is 32.1 Å². The maximum Gasteiger partial charge on any atom is 0.00157 e. The summed E-state index contributed by atoms with van der Waals surface area (Å²) in [5.74, 6) is 0.642. The van der Waals surface area contributed by atoms with Gasteiger partial charge < -0.3 is 4.90 Å². The Morgan fingerprint density at radius 2 is 1.82 bits per heavy atom. The molecule has 1 aromatic rings. The monoisotopic (exact) mass is 229 g/mol. The predicted molar refractivity (Wildman–Crippen MR) is 74.3 cm³/mol. The Morgan fingerprint density at radius 1 is 1.18 bits per heavy atom.